The van der Waals surface area contributed by atoms with Gasteiger partial charge in [-0.15, -0.1) is 0 Å². The number of likely N-dealkylation sites (tertiary alicyclic amines) is 1. The van der Waals surface area contributed by atoms with Gasteiger partial charge in [0.25, 0.3) is 0 Å². The SMILES string of the molecule is CC(C)CC(=O)N1CC(O)CC1C(=O)NC(CO)c1ccc(-c2ccnn2CC2COC2)cc1. The second-order valence-electron chi connectivity index (χ2n) is 9.72. The van der Waals surface area contributed by atoms with Crippen molar-refractivity contribution in [2.75, 3.05) is 26.4 Å². The maximum atomic E-state index is 13.0. The molecule has 3 atom stereocenters. The van der Waals surface area contributed by atoms with E-state index in [-0.39, 0.29) is 37.3 Å². The second kappa shape index (κ2) is 10.7. The summed E-state index contributed by atoms with van der Waals surface area (Å²) in [6.07, 6.45) is 1.58. The van der Waals surface area contributed by atoms with Gasteiger partial charge in [0, 0.05) is 38.0 Å². The van der Waals surface area contributed by atoms with E-state index >= 15 is 0 Å². The average molecular weight is 471 g/mol. The molecule has 3 N–H and O–H groups in total. The lowest BCUT2D eigenvalue weighted by Crippen LogP contribution is -2.47. The molecule has 3 heterocycles. The molecule has 2 amide bonds. The van der Waals surface area contributed by atoms with Gasteiger partial charge >= 0.3 is 0 Å². The Bertz CT molecular complexity index is 985. The number of amides is 2. The van der Waals surface area contributed by atoms with E-state index in [0.717, 1.165) is 36.6 Å². The third kappa shape index (κ3) is 5.48. The topological polar surface area (TPSA) is 117 Å². The van der Waals surface area contributed by atoms with Crippen LogP contribution in [0.25, 0.3) is 11.3 Å². The van der Waals surface area contributed by atoms with Gasteiger partial charge in [-0.05, 0) is 23.1 Å². The largest absolute Gasteiger partial charge is 0.394 e. The molecule has 2 aliphatic rings. The lowest BCUT2D eigenvalue weighted by atomic mass is 10.0. The third-order valence-electron chi connectivity index (χ3n) is 6.45. The summed E-state index contributed by atoms with van der Waals surface area (Å²) in [6.45, 7) is 6.09. The summed E-state index contributed by atoms with van der Waals surface area (Å²) in [5.74, 6) is 0.142. The van der Waals surface area contributed by atoms with Gasteiger partial charge in [-0.25, -0.2) is 0 Å². The third-order valence-corrected chi connectivity index (χ3v) is 6.45. The van der Waals surface area contributed by atoms with Crippen LogP contribution >= 0.6 is 0 Å². The first-order chi connectivity index (χ1) is 16.4. The molecule has 1 aromatic heterocycles. The number of aliphatic hydroxyl groups is 2. The zero-order valence-electron chi connectivity index (χ0n) is 19.8. The van der Waals surface area contributed by atoms with Crippen LogP contribution in [-0.4, -0.2) is 75.2 Å². The van der Waals surface area contributed by atoms with Gasteiger partial charge in [0.15, 0.2) is 0 Å². The number of nitrogens with zero attached hydrogens (tertiary/aromatic N) is 3. The predicted octanol–water partition coefficient (Wildman–Crippen LogP) is 1.35. The molecule has 4 rings (SSSR count). The predicted molar refractivity (Wildman–Crippen MR) is 126 cm³/mol. The maximum Gasteiger partial charge on any atom is 0.243 e. The minimum Gasteiger partial charge on any atom is -0.394 e. The lowest BCUT2D eigenvalue weighted by Gasteiger charge is -2.27. The number of nitrogens with one attached hydrogen (secondary N) is 1. The van der Waals surface area contributed by atoms with Gasteiger partial charge in [0.05, 0.1) is 37.7 Å². The molecule has 2 aromatic rings. The van der Waals surface area contributed by atoms with E-state index in [0.29, 0.717) is 12.3 Å². The highest BCUT2D eigenvalue weighted by Gasteiger charge is 2.39. The molecule has 0 aliphatic carbocycles. The zero-order valence-corrected chi connectivity index (χ0v) is 19.8. The molecule has 184 valence electrons. The summed E-state index contributed by atoms with van der Waals surface area (Å²) < 4.78 is 7.23. The summed E-state index contributed by atoms with van der Waals surface area (Å²) in [6, 6.07) is 8.28. The number of aromatic nitrogens is 2. The molecular weight excluding hydrogens is 436 g/mol. The molecule has 2 saturated heterocycles. The molecule has 0 bridgehead atoms. The fourth-order valence-corrected chi connectivity index (χ4v) is 4.55. The molecule has 9 heteroatoms. The van der Waals surface area contributed by atoms with Gasteiger partial charge in [0.1, 0.15) is 6.04 Å². The normalized spacial score (nSPS) is 21.5. The first-order valence-corrected chi connectivity index (χ1v) is 11.9. The number of aliphatic hydroxyl groups excluding tert-OH is 2. The second-order valence-corrected chi connectivity index (χ2v) is 9.72. The van der Waals surface area contributed by atoms with Gasteiger partial charge in [-0.1, -0.05) is 38.1 Å². The smallest absolute Gasteiger partial charge is 0.243 e. The minimum atomic E-state index is -0.737. The molecule has 0 radical (unpaired) electrons. The first-order valence-electron chi connectivity index (χ1n) is 11.9. The Balaban J connectivity index is 1.43. The minimum absolute atomic E-state index is 0.137. The van der Waals surface area contributed by atoms with Crippen molar-refractivity contribution in [3.8, 4) is 11.3 Å². The number of carbonyl (C=O) groups excluding carboxylic acids is 2. The molecule has 3 unspecified atom stereocenters. The van der Waals surface area contributed by atoms with Crippen LogP contribution < -0.4 is 5.32 Å². The van der Waals surface area contributed by atoms with Crippen molar-refractivity contribution in [3.05, 3.63) is 42.1 Å². The average Bonchev–Trinajstić information content (AvgIpc) is 3.40. The lowest BCUT2D eigenvalue weighted by molar-refractivity contribution is -0.139. The number of hydrogen-bond acceptors (Lipinski definition) is 6. The summed E-state index contributed by atoms with van der Waals surface area (Å²) in [5.41, 5.74) is 2.76. The highest BCUT2D eigenvalue weighted by molar-refractivity contribution is 5.88. The number of hydrogen-bond donors (Lipinski definition) is 3. The maximum absolute atomic E-state index is 13.0. The molecule has 0 saturated carbocycles. The van der Waals surface area contributed by atoms with Crippen molar-refractivity contribution in [2.45, 2.75) is 51.4 Å². The van der Waals surface area contributed by atoms with Crippen LogP contribution in [0.3, 0.4) is 0 Å². The van der Waals surface area contributed by atoms with Crippen molar-refractivity contribution in [1.29, 1.82) is 0 Å². The van der Waals surface area contributed by atoms with Crippen LogP contribution in [-0.2, 0) is 20.9 Å². The standard InChI is InChI=1S/C25H34N4O5/c1-16(2)9-24(32)28-12-20(31)10-23(28)25(33)27-21(13-30)18-3-5-19(6-4-18)22-7-8-26-29(22)11-17-14-34-15-17/h3-8,16-17,20-21,23,30-31H,9-15H2,1-2H3,(H,27,33). The molecular formula is C25H34N4O5. The Hall–Kier alpha value is -2.75. The Kier molecular flexibility index (Phi) is 7.65. The monoisotopic (exact) mass is 470 g/mol. The van der Waals surface area contributed by atoms with Crippen molar-refractivity contribution in [3.63, 3.8) is 0 Å². The molecule has 34 heavy (non-hydrogen) atoms. The molecule has 9 nitrogen and oxygen atoms in total. The van der Waals surface area contributed by atoms with Crippen molar-refractivity contribution >= 4 is 11.8 Å². The fraction of sp³-hybridized carbons (Fsp3) is 0.560. The van der Waals surface area contributed by atoms with E-state index in [1.54, 1.807) is 6.20 Å². The molecule has 2 aliphatic heterocycles. The Morgan fingerprint density at radius 2 is 1.94 bits per heavy atom. The zero-order chi connectivity index (χ0) is 24.2. The Labute approximate surface area is 199 Å². The quantitative estimate of drug-likeness (QED) is 0.510. The molecule has 1 aromatic carbocycles. The van der Waals surface area contributed by atoms with Gasteiger partial charge in [0.2, 0.25) is 11.8 Å². The fourth-order valence-electron chi connectivity index (χ4n) is 4.55. The summed E-state index contributed by atoms with van der Waals surface area (Å²) in [4.78, 5) is 27.1. The van der Waals surface area contributed by atoms with Crippen LogP contribution in [0.2, 0.25) is 0 Å². The summed E-state index contributed by atoms with van der Waals surface area (Å²) >= 11 is 0. The van der Waals surface area contributed by atoms with Crippen molar-refractivity contribution in [2.24, 2.45) is 11.8 Å². The number of carbonyl (C=O) groups is 2. The van der Waals surface area contributed by atoms with Crippen LogP contribution in [0.4, 0.5) is 0 Å². The van der Waals surface area contributed by atoms with Crippen molar-refractivity contribution < 1.29 is 24.5 Å². The van der Waals surface area contributed by atoms with E-state index in [1.807, 2.05) is 48.9 Å². The van der Waals surface area contributed by atoms with Gasteiger partial charge in [-0.3, -0.25) is 14.3 Å². The van der Waals surface area contributed by atoms with Gasteiger partial charge in [-0.2, -0.15) is 5.10 Å². The van der Waals surface area contributed by atoms with Crippen molar-refractivity contribution in [1.82, 2.24) is 20.0 Å². The number of rotatable bonds is 9. The number of ether oxygens (including phenoxy) is 1. The Morgan fingerprint density at radius 3 is 2.56 bits per heavy atom. The first kappa shape index (κ1) is 24.4. The van der Waals surface area contributed by atoms with Crippen LogP contribution in [0.15, 0.2) is 36.5 Å². The summed E-state index contributed by atoms with van der Waals surface area (Å²) in [7, 11) is 0. The highest BCUT2D eigenvalue weighted by atomic mass is 16.5. The van der Waals surface area contributed by atoms with Crippen LogP contribution in [0.5, 0.6) is 0 Å². The molecule has 0 spiro atoms. The number of β-amino-alcohol motifs (C(OH)–C–C–N with tert-alkyl or cyclic N) is 1. The Morgan fingerprint density at radius 1 is 1.21 bits per heavy atom. The van der Waals surface area contributed by atoms with E-state index < -0.39 is 18.2 Å². The van der Waals surface area contributed by atoms with E-state index in [9.17, 15) is 19.8 Å². The van der Waals surface area contributed by atoms with Gasteiger partial charge < -0.3 is 25.2 Å². The van der Waals surface area contributed by atoms with Crippen LogP contribution in [0.1, 0.15) is 38.3 Å². The highest BCUT2D eigenvalue weighted by Crippen LogP contribution is 2.25. The van der Waals surface area contributed by atoms with Crippen LogP contribution in [0, 0.1) is 11.8 Å². The van der Waals surface area contributed by atoms with E-state index in [2.05, 4.69) is 10.4 Å². The number of benzene rings is 1. The summed E-state index contributed by atoms with van der Waals surface area (Å²) in [5, 5.41) is 27.4. The van der Waals surface area contributed by atoms with E-state index in [1.165, 1.54) is 4.90 Å². The van der Waals surface area contributed by atoms with E-state index in [4.69, 9.17) is 4.74 Å². The molecule has 2 fully saturated rings.